The van der Waals surface area contributed by atoms with E-state index in [0.717, 1.165) is 12.1 Å². The van der Waals surface area contributed by atoms with Crippen molar-refractivity contribution < 1.29 is 4.74 Å². The van der Waals surface area contributed by atoms with Crippen LogP contribution in [-0.2, 0) is 4.74 Å². The maximum Gasteiger partial charge on any atom is 0.107 e. The van der Waals surface area contributed by atoms with Gasteiger partial charge in [-0.2, -0.15) is 0 Å². The molecule has 2 heterocycles. The largest absolute Gasteiger partial charge is 0.368 e. The predicted molar refractivity (Wildman–Crippen MR) is 50.4 cm³/mol. The molecule has 3 rings (SSSR count). The number of pyridine rings is 1. The lowest BCUT2D eigenvalue weighted by molar-refractivity contribution is 0.415. The smallest absolute Gasteiger partial charge is 0.107 e. The van der Waals surface area contributed by atoms with E-state index in [-0.39, 0.29) is 0 Å². The maximum atomic E-state index is 5.20. The van der Waals surface area contributed by atoms with Gasteiger partial charge in [0.05, 0.1) is 12.1 Å². The van der Waals surface area contributed by atoms with E-state index in [1.165, 1.54) is 10.9 Å². The lowest BCUT2D eigenvalue weighted by atomic mass is 10.1. The molecule has 0 N–H and O–H groups in total. The first-order valence-corrected chi connectivity index (χ1v) is 4.40. The molecular weight excluding hydrogens is 162 g/mol. The van der Waals surface area contributed by atoms with E-state index in [4.69, 9.17) is 4.74 Å². The molecule has 0 radical (unpaired) electrons. The minimum Gasteiger partial charge on any atom is -0.368 e. The van der Waals surface area contributed by atoms with E-state index in [9.17, 15) is 0 Å². The summed E-state index contributed by atoms with van der Waals surface area (Å²) in [6, 6.07) is 10.3. The van der Waals surface area contributed by atoms with E-state index in [1.807, 2.05) is 24.4 Å². The van der Waals surface area contributed by atoms with Crippen molar-refractivity contribution in [3.63, 3.8) is 0 Å². The van der Waals surface area contributed by atoms with Crippen molar-refractivity contribution in [1.29, 1.82) is 0 Å². The summed E-state index contributed by atoms with van der Waals surface area (Å²) in [6.07, 6.45) is 2.21. The van der Waals surface area contributed by atoms with E-state index in [1.54, 1.807) is 0 Å². The molecule has 1 atom stereocenters. The van der Waals surface area contributed by atoms with Gasteiger partial charge in [-0.1, -0.05) is 18.2 Å². The maximum absolute atomic E-state index is 5.20. The molecule has 1 fully saturated rings. The van der Waals surface area contributed by atoms with E-state index in [0.29, 0.717) is 6.10 Å². The molecular formula is C11H9NO. The van der Waals surface area contributed by atoms with Crippen LogP contribution in [0.1, 0.15) is 11.7 Å². The fraction of sp³-hybridized carbons (Fsp3) is 0.182. The van der Waals surface area contributed by atoms with E-state index in [2.05, 4.69) is 17.1 Å². The summed E-state index contributed by atoms with van der Waals surface area (Å²) in [5, 5.41) is 1.19. The van der Waals surface area contributed by atoms with Gasteiger partial charge in [0.2, 0.25) is 0 Å². The number of hydrogen-bond donors (Lipinski definition) is 0. The van der Waals surface area contributed by atoms with Crippen molar-refractivity contribution in [2.45, 2.75) is 6.10 Å². The summed E-state index contributed by atoms with van der Waals surface area (Å²) < 4.78 is 5.20. The number of aromatic nitrogens is 1. The SMILES string of the molecule is c1ccc2ncc(C3CO3)cc2c1. The predicted octanol–water partition coefficient (Wildman–Crippen LogP) is 2.31. The number of fused-ring (bicyclic) bond motifs is 1. The first-order valence-electron chi connectivity index (χ1n) is 4.40. The molecule has 1 unspecified atom stereocenters. The zero-order chi connectivity index (χ0) is 8.67. The van der Waals surface area contributed by atoms with Crippen LogP contribution in [0.15, 0.2) is 36.5 Å². The standard InChI is InChI=1S/C11H9NO/c1-2-4-10-8(3-1)5-9(6-12-10)11-7-13-11/h1-6,11H,7H2. The molecule has 0 aliphatic carbocycles. The Labute approximate surface area is 76.2 Å². The number of para-hydroxylation sites is 1. The van der Waals surface area contributed by atoms with Gasteiger partial charge in [-0.05, 0) is 12.1 Å². The second-order valence-corrected chi connectivity index (χ2v) is 3.28. The van der Waals surface area contributed by atoms with E-state index >= 15 is 0 Å². The van der Waals surface area contributed by atoms with Gasteiger partial charge in [0.15, 0.2) is 0 Å². The topological polar surface area (TPSA) is 25.4 Å². The summed E-state index contributed by atoms with van der Waals surface area (Å²) in [6.45, 7) is 0.847. The second kappa shape index (κ2) is 2.54. The molecule has 13 heavy (non-hydrogen) atoms. The van der Waals surface area contributed by atoms with Crippen LogP contribution in [0, 0.1) is 0 Å². The molecule has 2 heteroatoms. The van der Waals surface area contributed by atoms with Crippen molar-refractivity contribution in [3.05, 3.63) is 42.1 Å². The Morgan fingerprint density at radius 2 is 2.15 bits per heavy atom. The van der Waals surface area contributed by atoms with Gasteiger partial charge < -0.3 is 4.74 Å². The lowest BCUT2D eigenvalue weighted by Gasteiger charge is -1.98. The highest BCUT2D eigenvalue weighted by atomic mass is 16.6. The molecule has 0 amide bonds. The summed E-state index contributed by atoms with van der Waals surface area (Å²) in [4.78, 5) is 4.36. The van der Waals surface area contributed by atoms with Gasteiger partial charge in [-0.3, -0.25) is 4.98 Å². The zero-order valence-electron chi connectivity index (χ0n) is 7.10. The molecule has 2 aromatic rings. The normalized spacial score (nSPS) is 20.5. The Kier molecular flexibility index (Phi) is 1.37. The Hall–Kier alpha value is -1.41. The second-order valence-electron chi connectivity index (χ2n) is 3.28. The highest BCUT2D eigenvalue weighted by Crippen LogP contribution is 2.30. The van der Waals surface area contributed by atoms with Gasteiger partial charge in [-0.15, -0.1) is 0 Å². The molecule has 1 aromatic heterocycles. The van der Waals surface area contributed by atoms with Crippen LogP contribution in [0.4, 0.5) is 0 Å². The first-order chi connectivity index (χ1) is 6.43. The summed E-state index contributed by atoms with van der Waals surface area (Å²) in [5.74, 6) is 0. The van der Waals surface area contributed by atoms with Crippen LogP contribution in [0.25, 0.3) is 10.9 Å². The number of nitrogens with zero attached hydrogens (tertiary/aromatic N) is 1. The minimum absolute atomic E-state index is 0.303. The molecule has 1 aliphatic rings. The molecule has 0 spiro atoms. The Bertz CT molecular complexity index is 449. The van der Waals surface area contributed by atoms with Crippen molar-refractivity contribution >= 4 is 10.9 Å². The van der Waals surface area contributed by atoms with Crippen molar-refractivity contribution in [1.82, 2.24) is 4.98 Å². The van der Waals surface area contributed by atoms with Gasteiger partial charge in [0, 0.05) is 17.1 Å². The molecule has 1 aromatic carbocycles. The van der Waals surface area contributed by atoms with Crippen molar-refractivity contribution in [2.75, 3.05) is 6.61 Å². The number of epoxide rings is 1. The average molecular weight is 171 g/mol. The van der Waals surface area contributed by atoms with Gasteiger partial charge in [0.1, 0.15) is 6.10 Å². The minimum atomic E-state index is 0.303. The number of hydrogen-bond acceptors (Lipinski definition) is 2. The van der Waals surface area contributed by atoms with Crippen LogP contribution >= 0.6 is 0 Å². The Balaban J connectivity index is 2.21. The highest BCUT2D eigenvalue weighted by molar-refractivity contribution is 5.78. The van der Waals surface area contributed by atoms with Gasteiger partial charge >= 0.3 is 0 Å². The van der Waals surface area contributed by atoms with Crippen LogP contribution in [0.2, 0.25) is 0 Å². The first kappa shape index (κ1) is 7.04. The molecule has 0 bridgehead atoms. The third kappa shape index (κ3) is 1.19. The fourth-order valence-electron chi connectivity index (χ4n) is 1.50. The monoisotopic (exact) mass is 171 g/mol. The van der Waals surface area contributed by atoms with E-state index < -0.39 is 0 Å². The summed E-state index contributed by atoms with van der Waals surface area (Å²) in [5.41, 5.74) is 2.24. The van der Waals surface area contributed by atoms with Crippen LogP contribution in [-0.4, -0.2) is 11.6 Å². The Morgan fingerprint density at radius 3 is 3.00 bits per heavy atom. The van der Waals surface area contributed by atoms with Crippen LogP contribution in [0.5, 0.6) is 0 Å². The number of rotatable bonds is 1. The average Bonchev–Trinajstić information content (AvgIpc) is 3.00. The Morgan fingerprint density at radius 1 is 1.31 bits per heavy atom. The fourth-order valence-corrected chi connectivity index (χ4v) is 1.50. The third-order valence-corrected chi connectivity index (χ3v) is 2.32. The molecule has 1 saturated heterocycles. The molecule has 64 valence electrons. The highest BCUT2D eigenvalue weighted by Gasteiger charge is 2.24. The molecule has 2 nitrogen and oxygen atoms in total. The van der Waals surface area contributed by atoms with Gasteiger partial charge in [0.25, 0.3) is 0 Å². The van der Waals surface area contributed by atoms with Crippen molar-refractivity contribution in [3.8, 4) is 0 Å². The van der Waals surface area contributed by atoms with Crippen LogP contribution in [0.3, 0.4) is 0 Å². The van der Waals surface area contributed by atoms with Gasteiger partial charge in [-0.25, -0.2) is 0 Å². The number of benzene rings is 1. The third-order valence-electron chi connectivity index (χ3n) is 2.32. The number of ether oxygens (including phenoxy) is 1. The lowest BCUT2D eigenvalue weighted by Crippen LogP contribution is -1.84. The quantitative estimate of drug-likeness (QED) is 0.615. The summed E-state index contributed by atoms with van der Waals surface area (Å²) in [7, 11) is 0. The molecule has 1 aliphatic heterocycles. The summed E-state index contributed by atoms with van der Waals surface area (Å²) >= 11 is 0. The zero-order valence-corrected chi connectivity index (χ0v) is 7.10. The van der Waals surface area contributed by atoms with Crippen molar-refractivity contribution in [2.24, 2.45) is 0 Å². The molecule has 0 saturated carbocycles. The van der Waals surface area contributed by atoms with Crippen LogP contribution < -0.4 is 0 Å².